The van der Waals surface area contributed by atoms with E-state index in [1.54, 1.807) is 0 Å². The molecule has 0 amide bonds. The number of tetrazole rings is 1. The van der Waals surface area contributed by atoms with Gasteiger partial charge in [0.2, 0.25) is 0 Å². The first-order chi connectivity index (χ1) is 7.22. The zero-order valence-electron chi connectivity index (χ0n) is 8.69. The Labute approximate surface area is 88.3 Å². The first kappa shape index (κ1) is 10.5. The third-order valence-electron chi connectivity index (χ3n) is 3.20. The van der Waals surface area contributed by atoms with Crippen molar-refractivity contribution < 1.29 is 5.11 Å². The van der Waals surface area contributed by atoms with E-state index in [9.17, 15) is 5.11 Å². The molecule has 0 bridgehead atoms. The van der Waals surface area contributed by atoms with Gasteiger partial charge in [-0.1, -0.05) is 25.7 Å². The molecule has 2 rings (SSSR count). The molecule has 1 heterocycles. The molecule has 84 valence electrons. The standard InChI is InChI=1S/C9H17N5O/c10-9(5-3-1-2-4-6-9)7(15)8-11-13-14-12-8/h7,15H,1-6,10H2,(H,11,12,13,14). The second-order valence-electron chi connectivity index (χ2n) is 4.34. The Morgan fingerprint density at radius 1 is 1.27 bits per heavy atom. The fourth-order valence-electron chi connectivity index (χ4n) is 2.21. The smallest absolute Gasteiger partial charge is 0.179 e. The molecule has 15 heavy (non-hydrogen) atoms. The zero-order chi connectivity index (χ0) is 10.7. The Balaban J connectivity index is 2.12. The van der Waals surface area contributed by atoms with Crippen molar-refractivity contribution in [2.75, 3.05) is 0 Å². The average Bonchev–Trinajstić information content (AvgIpc) is 2.67. The van der Waals surface area contributed by atoms with Crippen molar-refractivity contribution in [2.24, 2.45) is 5.73 Å². The summed E-state index contributed by atoms with van der Waals surface area (Å²) < 4.78 is 0. The SMILES string of the molecule is NC1(C(O)c2nnn[nH]2)CCCCCC1. The van der Waals surface area contributed by atoms with Gasteiger partial charge in [0.1, 0.15) is 6.10 Å². The quantitative estimate of drug-likeness (QED) is 0.610. The van der Waals surface area contributed by atoms with E-state index >= 15 is 0 Å². The van der Waals surface area contributed by atoms with E-state index in [1.807, 2.05) is 0 Å². The van der Waals surface area contributed by atoms with Crippen LogP contribution in [0.25, 0.3) is 0 Å². The van der Waals surface area contributed by atoms with Crippen LogP contribution in [0, 0.1) is 0 Å². The fourth-order valence-corrected chi connectivity index (χ4v) is 2.21. The highest BCUT2D eigenvalue weighted by atomic mass is 16.3. The maximum atomic E-state index is 10.1. The first-order valence-corrected chi connectivity index (χ1v) is 5.43. The molecule has 1 aliphatic rings. The van der Waals surface area contributed by atoms with Crippen LogP contribution in [0.2, 0.25) is 0 Å². The van der Waals surface area contributed by atoms with Crippen molar-refractivity contribution in [2.45, 2.75) is 50.2 Å². The van der Waals surface area contributed by atoms with E-state index in [1.165, 1.54) is 12.8 Å². The number of aromatic amines is 1. The molecule has 0 aliphatic heterocycles. The van der Waals surface area contributed by atoms with Crippen molar-refractivity contribution in [3.8, 4) is 0 Å². The molecule has 0 radical (unpaired) electrons. The summed E-state index contributed by atoms with van der Waals surface area (Å²) in [6.45, 7) is 0. The van der Waals surface area contributed by atoms with Crippen molar-refractivity contribution in [3.05, 3.63) is 5.82 Å². The van der Waals surface area contributed by atoms with Crippen molar-refractivity contribution in [3.63, 3.8) is 0 Å². The Morgan fingerprint density at radius 3 is 2.47 bits per heavy atom. The molecule has 0 spiro atoms. The third-order valence-corrected chi connectivity index (χ3v) is 3.20. The molecule has 0 aromatic carbocycles. The molecular formula is C9H17N5O. The number of hydrogen-bond donors (Lipinski definition) is 3. The summed E-state index contributed by atoms with van der Waals surface area (Å²) in [5, 5.41) is 23.3. The molecule has 1 saturated carbocycles. The second kappa shape index (κ2) is 4.24. The van der Waals surface area contributed by atoms with Crippen LogP contribution >= 0.6 is 0 Å². The van der Waals surface area contributed by atoms with Crippen LogP contribution in [-0.2, 0) is 0 Å². The number of nitrogens with two attached hydrogens (primary N) is 1. The Kier molecular flexibility index (Phi) is 2.97. The number of aromatic nitrogens is 4. The van der Waals surface area contributed by atoms with Gasteiger partial charge in [-0.15, -0.1) is 5.10 Å². The largest absolute Gasteiger partial charge is 0.383 e. The van der Waals surface area contributed by atoms with Crippen LogP contribution in [0.1, 0.15) is 50.5 Å². The molecule has 1 fully saturated rings. The van der Waals surface area contributed by atoms with Crippen LogP contribution in [0.15, 0.2) is 0 Å². The zero-order valence-corrected chi connectivity index (χ0v) is 8.69. The lowest BCUT2D eigenvalue weighted by Crippen LogP contribution is -2.45. The van der Waals surface area contributed by atoms with Gasteiger partial charge in [0.15, 0.2) is 5.82 Å². The highest BCUT2D eigenvalue weighted by molar-refractivity contribution is 5.01. The van der Waals surface area contributed by atoms with Gasteiger partial charge in [-0.3, -0.25) is 0 Å². The highest BCUT2D eigenvalue weighted by Crippen LogP contribution is 2.33. The third kappa shape index (κ3) is 2.15. The number of nitrogens with zero attached hydrogens (tertiary/aromatic N) is 3. The summed E-state index contributed by atoms with van der Waals surface area (Å²) in [4.78, 5) is 0. The molecule has 0 saturated heterocycles. The fraction of sp³-hybridized carbons (Fsp3) is 0.889. The van der Waals surface area contributed by atoms with Crippen LogP contribution in [-0.4, -0.2) is 31.3 Å². The molecule has 1 aliphatic carbocycles. The lowest BCUT2D eigenvalue weighted by atomic mass is 9.85. The van der Waals surface area contributed by atoms with Gasteiger partial charge < -0.3 is 10.8 Å². The van der Waals surface area contributed by atoms with Gasteiger partial charge in [0.05, 0.1) is 0 Å². The molecule has 1 aromatic rings. The molecule has 1 aromatic heterocycles. The monoisotopic (exact) mass is 211 g/mol. The molecule has 6 heteroatoms. The average molecular weight is 211 g/mol. The summed E-state index contributed by atoms with van der Waals surface area (Å²) in [5.41, 5.74) is 5.66. The second-order valence-corrected chi connectivity index (χ2v) is 4.34. The topological polar surface area (TPSA) is 101 Å². The van der Waals surface area contributed by atoms with E-state index in [0.717, 1.165) is 25.7 Å². The van der Waals surface area contributed by atoms with Gasteiger partial charge in [-0.05, 0) is 23.3 Å². The highest BCUT2D eigenvalue weighted by Gasteiger charge is 2.36. The summed E-state index contributed by atoms with van der Waals surface area (Å²) in [7, 11) is 0. The van der Waals surface area contributed by atoms with Crippen molar-refractivity contribution in [1.29, 1.82) is 0 Å². The molecule has 6 nitrogen and oxygen atoms in total. The van der Waals surface area contributed by atoms with Gasteiger partial charge in [-0.2, -0.15) is 0 Å². The van der Waals surface area contributed by atoms with E-state index in [2.05, 4.69) is 20.6 Å². The van der Waals surface area contributed by atoms with E-state index in [-0.39, 0.29) is 0 Å². The van der Waals surface area contributed by atoms with Crippen molar-refractivity contribution >= 4 is 0 Å². The van der Waals surface area contributed by atoms with Gasteiger partial charge in [0, 0.05) is 5.54 Å². The Morgan fingerprint density at radius 2 is 1.93 bits per heavy atom. The van der Waals surface area contributed by atoms with Crippen LogP contribution in [0.3, 0.4) is 0 Å². The number of nitrogens with one attached hydrogen (secondary N) is 1. The Hall–Kier alpha value is -1.01. The van der Waals surface area contributed by atoms with E-state index in [0.29, 0.717) is 5.82 Å². The number of aliphatic hydroxyl groups excluding tert-OH is 1. The summed E-state index contributed by atoms with van der Waals surface area (Å²) in [5.74, 6) is 0.374. The minimum atomic E-state index is -0.786. The van der Waals surface area contributed by atoms with Crippen LogP contribution in [0.4, 0.5) is 0 Å². The van der Waals surface area contributed by atoms with Crippen LogP contribution in [0.5, 0.6) is 0 Å². The molecule has 4 N–H and O–H groups in total. The predicted octanol–water partition coefficient (Wildman–Crippen LogP) is 0.285. The summed E-state index contributed by atoms with van der Waals surface area (Å²) in [6, 6.07) is 0. The number of hydrogen-bond acceptors (Lipinski definition) is 5. The number of aliphatic hydroxyl groups is 1. The predicted molar refractivity (Wildman–Crippen MR) is 53.8 cm³/mol. The lowest BCUT2D eigenvalue weighted by Gasteiger charge is -2.31. The maximum Gasteiger partial charge on any atom is 0.179 e. The normalized spacial score (nSPS) is 23.3. The molecule has 1 unspecified atom stereocenters. The van der Waals surface area contributed by atoms with E-state index < -0.39 is 11.6 Å². The number of H-pyrrole nitrogens is 1. The molecule has 1 atom stereocenters. The minimum absolute atomic E-state index is 0.374. The van der Waals surface area contributed by atoms with Gasteiger partial charge >= 0.3 is 0 Å². The Bertz CT molecular complexity index is 291. The van der Waals surface area contributed by atoms with Gasteiger partial charge in [-0.25, -0.2) is 5.10 Å². The molecular weight excluding hydrogens is 194 g/mol. The van der Waals surface area contributed by atoms with Gasteiger partial charge in [0.25, 0.3) is 0 Å². The summed E-state index contributed by atoms with van der Waals surface area (Å²) >= 11 is 0. The summed E-state index contributed by atoms with van der Waals surface area (Å²) in [6.07, 6.45) is 5.39. The van der Waals surface area contributed by atoms with Crippen LogP contribution < -0.4 is 5.73 Å². The first-order valence-electron chi connectivity index (χ1n) is 5.43. The minimum Gasteiger partial charge on any atom is -0.383 e. The number of rotatable bonds is 2. The lowest BCUT2D eigenvalue weighted by molar-refractivity contribution is 0.0657. The maximum absolute atomic E-state index is 10.1. The van der Waals surface area contributed by atoms with Crippen molar-refractivity contribution in [1.82, 2.24) is 20.6 Å². The van der Waals surface area contributed by atoms with E-state index in [4.69, 9.17) is 5.73 Å².